The molecule has 0 aromatic heterocycles. The van der Waals surface area contributed by atoms with Gasteiger partial charge in [-0.3, -0.25) is 14.4 Å². The molecule has 3 aliphatic carbocycles. The molecule has 12 atom stereocenters. The molecule has 0 unspecified atom stereocenters. The Hall–Kier alpha value is -5.49. The Bertz CT molecular complexity index is 2380. The first-order valence-electron chi connectivity index (χ1n) is 23.7. The Morgan fingerprint density at radius 3 is 1.99 bits per heavy atom. The smallest absolute Gasteiger partial charge is 0.338 e. The second kappa shape index (κ2) is 20.5. The lowest BCUT2D eigenvalue weighted by Gasteiger charge is -2.69. The van der Waals surface area contributed by atoms with E-state index in [4.69, 9.17) is 28.4 Å². The van der Waals surface area contributed by atoms with Crippen molar-refractivity contribution in [3.8, 4) is 0 Å². The van der Waals surface area contributed by atoms with Crippen LogP contribution in [-0.4, -0.2) is 137 Å². The quantitative estimate of drug-likeness (QED) is 0.0854. The Morgan fingerprint density at radius 1 is 0.841 bits per heavy atom. The first-order valence-corrected chi connectivity index (χ1v) is 23.7. The van der Waals surface area contributed by atoms with Gasteiger partial charge in [0, 0.05) is 49.6 Å². The van der Waals surface area contributed by atoms with Crippen molar-refractivity contribution in [2.45, 2.75) is 128 Å². The van der Waals surface area contributed by atoms with Crippen molar-refractivity contribution < 1.29 is 67.7 Å². The Balaban J connectivity index is 1.40. The summed E-state index contributed by atoms with van der Waals surface area (Å²) < 4.78 is 38.4. The molecule has 1 heterocycles. The molecule has 1 amide bonds. The summed E-state index contributed by atoms with van der Waals surface area (Å²) in [5, 5.41) is 42.1. The van der Waals surface area contributed by atoms with E-state index in [0.717, 1.165) is 13.1 Å². The lowest BCUT2D eigenvalue weighted by atomic mass is 9.44. The average Bonchev–Trinajstić information content (AvgIpc) is 3.32. The summed E-state index contributed by atoms with van der Waals surface area (Å²) in [6, 6.07) is 23.5. The molecule has 2 bridgehead atoms. The van der Waals surface area contributed by atoms with E-state index in [-0.39, 0.29) is 41.9 Å². The standard InChI is InChI=1S/C53H66N2O14/c1-9-55(10-2)26-27-64-38-28-39-52(30-65-39,69-33(5)57)44-46(68-48(61)36-24-18-13-19-25-36)53(63)29-37(31(3)40(50(53,6)7)43(66-32(4)56)45(59)51(38,44)8)67-49(62)42(58)41(34-20-14-11-15-21-34)54-47(60)35-22-16-12-17-23-35/h11-25,37-39,41-46,58-59,63H,9-10,26-30H2,1-8H3,(H,54,60)/t37-,38-,39+,41-,42+,43+,44-,45-,46-,51+,52-,53+/m0/s1. The van der Waals surface area contributed by atoms with Crippen molar-refractivity contribution in [1.82, 2.24) is 10.2 Å². The summed E-state index contributed by atoms with van der Waals surface area (Å²) >= 11 is 0. The van der Waals surface area contributed by atoms with Gasteiger partial charge in [-0.1, -0.05) is 101 Å². The SMILES string of the molecule is CCN(CC)CCO[C@H]1C[C@H]2OC[C@@]2(OC(C)=O)[C@H]2[C@H](OC(=O)c3ccccc3)[C@]3(O)C[C@H](OC(=O)[C@H](O)[C@@H](NC(=O)c4ccccc4)c4ccccc4)C(C)=C([C@@H](OC(C)=O)[C@H](O)[C@]12C)C3(C)C. The molecule has 1 aliphatic heterocycles. The van der Waals surface area contributed by atoms with E-state index in [9.17, 15) is 39.3 Å². The van der Waals surface area contributed by atoms with Crippen LogP contribution >= 0.6 is 0 Å². The fourth-order valence-electron chi connectivity index (χ4n) is 11.5. The zero-order valence-electron chi connectivity index (χ0n) is 40.6. The number of nitrogens with one attached hydrogen (secondary N) is 1. The highest BCUT2D eigenvalue weighted by Gasteiger charge is 2.78. The summed E-state index contributed by atoms with van der Waals surface area (Å²) in [7, 11) is 0. The molecule has 0 radical (unpaired) electrons. The third-order valence-electron chi connectivity index (χ3n) is 15.3. The maximum Gasteiger partial charge on any atom is 0.338 e. The average molecular weight is 955 g/mol. The van der Waals surface area contributed by atoms with Gasteiger partial charge < -0.3 is 54.0 Å². The maximum absolute atomic E-state index is 14.6. The first kappa shape index (κ1) is 51.4. The molecular weight excluding hydrogens is 889 g/mol. The molecule has 4 aliphatic rings. The number of ether oxygens (including phenoxy) is 6. The number of rotatable bonds is 16. The number of benzene rings is 3. The predicted octanol–water partition coefficient (Wildman–Crippen LogP) is 4.89. The normalized spacial score (nSPS) is 31.0. The lowest BCUT2D eigenvalue weighted by Crippen LogP contribution is -2.82. The molecule has 3 aromatic rings. The number of aliphatic hydroxyl groups is 3. The number of aliphatic hydroxyl groups excluding tert-OH is 2. The van der Waals surface area contributed by atoms with E-state index in [1.165, 1.54) is 13.8 Å². The van der Waals surface area contributed by atoms with Crippen LogP contribution in [0.25, 0.3) is 0 Å². The van der Waals surface area contributed by atoms with E-state index in [1.54, 1.807) is 119 Å². The third kappa shape index (κ3) is 9.46. The van der Waals surface area contributed by atoms with Crippen LogP contribution < -0.4 is 5.32 Å². The zero-order chi connectivity index (χ0) is 50.1. The Morgan fingerprint density at radius 2 is 1.43 bits per heavy atom. The van der Waals surface area contributed by atoms with Gasteiger partial charge in [0.25, 0.3) is 5.91 Å². The van der Waals surface area contributed by atoms with Crippen molar-refractivity contribution in [2.24, 2.45) is 16.7 Å². The largest absolute Gasteiger partial charge is 0.456 e. The second-order valence-corrected chi connectivity index (χ2v) is 19.4. The summed E-state index contributed by atoms with van der Waals surface area (Å²) in [4.78, 5) is 71.6. The Kier molecular flexibility index (Phi) is 15.2. The van der Waals surface area contributed by atoms with Gasteiger partial charge in [0.05, 0.1) is 36.8 Å². The number of likely N-dealkylation sites (N-methyl/N-ethyl adjacent to an activating group) is 1. The van der Waals surface area contributed by atoms with Gasteiger partial charge in [0.15, 0.2) is 17.8 Å². The minimum absolute atomic E-state index is 0.100. The molecule has 2 saturated carbocycles. The van der Waals surface area contributed by atoms with Crippen LogP contribution in [0.3, 0.4) is 0 Å². The van der Waals surface area contributed by atoms with Gasteiger partial charge >= 0.3 is 23.9 Å². The van der Waals surface area contributed by atoms with Crippen LogP contribution in [0.4, 0.5) is 0 Å². The van der Waals surface area contributed by atoms with Crippen LogP contribution in [0.1, 0.15) is 101 Å². The van der Waals surface area contributed by atoms with E-state index in [0.29, 0.717) is 12.1 Å². The molecule has 3 fully saturated rings. The second-order valence-electron chi connectivity index (χ2n) is 19.4. The molecule has 7 rings (SSSR count). The molecule has 372 valence electrons. The number of fused-ring (bicyclic) bond motifs is 5. The van der Waals surface area contributed by atoms with Crippen molar-refractivity contribution in [1.29, 1.82) is 0 Å². The van der Waals surface area contributed by atoms with E-state index < -0.39 is 113 Å². The summed E-state index contributed by atoms with van der Waals surface area (Å²) in [6.45, 7) is 15.1. The molecule has 16 heteroatoms. The summed E-state index contributed by atoms with van der Waals surface area (Å²) in [5.41, 5.74) is -5.97. The number of hydrogen-bond donors (Lipinski definition) is 4. The maximum atomic E-state index is 14.6. The van der Waals surface area contributed by atoms with E-state index in [1.807, 2.05) is 13.8 Å². The van der Waals surface area contributed by atoms with Crippen LogP contribution in [0, 0.1) is 16.7 Å². The van der Waals surface area contributed by atoms with Gasteiger partial charge in [0.1, 0.15) is 30.0 Å². The van der Waals surface area contributed by atoms with Crippen LogP contribution in [0.2, 0.25) is 0 Å². The Labute approximate surface area is 403 Å². The van der Waals surface area contributed by atoms with Gasteiger partial charge in [-0.05, 0) is 61.0 Å². The fourth-order valence-corrected chi connectivity index (χ4v) is 11.5. The van der Waals surface area contributed by atoms with Crippen molar-refractivity contribution >= 4 is 29.8 Å². The molecule has 3 aromatic carbocycles. The molecule has 1 saturated heterocycles. The zero-order valence-corrected chi connectivity index (χ0v) is 40.6. The highest BCUT2D eigenvalue weighted by atomic mass is 16.6. The molecule has 69 heavy (non-hydrogen) atoms. The van der Waals surface area contributed by atoms with Gasteiger partial charge in [-0.15, -0.1) is 0 Å². The van der Waals surface area contributed by atoms with Crippen molar-refractivity contribution in [3.05, 3.63) is 119 Å². The number of hydrogen-bond acceptors (Lipinski definition) is 15. The van der Waals surface area contributed by atoms with E-state index >= 15 is 0 Å². The number of carbonyl (C=O) groups excluding carboxylic acids is 5. The van der Waals surface area contributed by atoms with Crippen LogP contribution in [0.15, 0.2) is 102 Å². The number of carbonyl (C=O) groups is 5. The highest BCUT2D eigenvalue weighted by molar-refractivity contribution is 5.95. The number of amides is 1. The molecule has 0 spiro atoms. The number of nitrogens with zero attached hydrogens (tertiary/aromatic N) is 1. The molecular formula is C53H66N2O14. The first-order chi connectivity index (χ1) is 32.7. The minimum Gasteiger partial charge on any atom is -0.456 e. The monoisotopic (exact) mass is 954 g/mol. The fraction of sp³-hybridized carbons (Fsp3) is 0.528. The third-order valence-corrected chi connectivity index (χ3v) is 15.3. The van der Waals surface area contributed by atoms with Gasteiger partial charge in [0.2, 0.25) is 0 Å². The van der Waals surface area contributed by atoms with Crippen LogP contribution in [0.5, 0.6) is 0 Å². The van der Waals surface area contributed by atoms with Crippen LogP contribution in [-0.2, 0) is 42.8 Å². The van der Waals surface area contributed by atoms with Gasteiger partial charge in [-0.2, -0.15) is 0 Å². The van der Waals surface area contributed by atoms with Crippen molar-refractivity contribution in [3.63, 3.8) is 0 Å². The molecule has 16 nitrogen and oxygen atoms in total. The highest BCUT2D eigenvalue weighted by Crippen LogP contribution is 2.66. The summed E-state index contributed by atoms with van der Waals surface area (Å²) in [5.74, 6) is -5.44. The topological polar surface area (TPSA) is 217 Å². The number of esters is 4. The molecule has 4 N–H and O–H groups in total. The van der Waals surface area contributed by atoms with Gasteiger partial charge in [-0.25, -0.2) is 9.59 Å². The predicted molar refractivity (Wildman–Crippen MR) is 250 cm³/mol. The minimum atomic E-state index is -2.32. The lowest BCUT2D eigenvalue weighted by molar-refractivity contribution is -0.368. The summed E-state index contributed by atoms with van der Waals surface area (Å²) in [6.07, 6.45) is -10.6. The van der Waals surface area contributed by atoms with E-state index in [2.05, 4.69) is 10.2 Å². The van der Waals surface area contributed by atoms with Crippen molar-refractivity contribution in [2.75, 3.05) is 32.8 Å².